The van der Waals surface area contributed by atoms with Crippen molar-refractivity contribution in [3.8, 4) is 0 Å². The first-order chi connectivity index (χ1) is 6.69. The Kier molecular flexibility index (Phi) is 3.22. The summed E-state index contributed by atoms with van der Waals surface area (Å²) in [6.07, 6.45) is -3.64. The fourth-order valence-electron chi connectivity index (χ4n) is 1.11. The molecule has 0 aliphatic carbocycles. The van der Waals surface area contributed by atoms with Gasteiger partial charge >= 0.3 is 0 Å². The summed E-state index contributed by atoms with van der Waals surface area (Å²) in [7, 11) is -7.99. The van der Waals surface area contributed by atoms with Crippen LogP contribution in [0.4, 0.5) is 0 Å². The van der Waals surface area contributed by atoms with Crippen molar-refractivity contribution in [1.82, 2.24) is 0 Å². The zero-order valence-electron chi connectivity index (χ0n) is 7.44. The van der Waals surface area contributed by atoms with Gasteiger partial charge in [-0.3, -0.25) is 0 Å². The third kappa shape index (κ3) is 2.55. The van der Waals surface area contributed by atoms with Gasteiger partial charge in [0.25, 0.3) is 0 Å². The molecule has 9 heteroatoms. The van der Waals surface area contributed by atoms with Crippen LogP contribution < -0.4 is 0 Å². The van der Waals surface area contributed by atoms with E-state index in [1.165, 1.54) is 0 Å². The molecule has 0 spiro atoms. The molecule has 0 aromatic rings. The maximum atomic E-state index is 11.2. The minimum atomic E-state index is -4.10. The van der Waals surface area contributed by atoms with E-state index in [1.807, 2.05) is 0 Å². The van der Waals surface area contributed by atoms with Gasteiger partial charge in [-0.25, -0.2) is 16.8 Å². The molecule has 0 saturated carbocycles. The van der Waals surface area contributed by atoms with Crippen LogP contribution in [0.1, 0.15) is 0 Å². The van der Waals surface area contributed by atoms with Crippen LogP contribution in [-0.4, -0.2) is 56.1 Å². The highest BCUT2D eigenvalue weighted by Gasteiger charge is 2.39. The molecule has 0 fully saturated rings. The zero-order valence-corrected chi connectivity index (χ0v) is 9.07. The molecule has 0 amide bonds. The first-order valence-corrected chi connectivity index (χ1v) is 7.20. The van der Waals surface area contributed by atoms with Crippen molar-refractivity contribution in [3.05, 3.63) is 10.3 Å². The van der Waals surface area contributed by atoms with Gasteiger partial charge in [0.1, 0.15) is 12.2 Å². The van der Waals surface area contributed by atoms with E-state index >= 15 is 0 Å². The van der Waals surface area contributed by atoms with Crippen LogP contribution in [0.3, 0.4) is 0 Å². The van der Waals surface area contributed by atoms with Crippen LogP contribution in [0.5, 0.6) is 0 Å². The van der Waals surface area contributed by atoms with Crippen molar-refractivity contribution in [1.29, 1.82) is 0 Å². The number of hydrogen-bond acceptors (Lipinski definition) is 7. The van der Waals surface area contributed by atoms with E-state index in [9.17, 15) is 21.9 Å². The van der Waals surface area contributed by atoms with Crippen molar-refractivity contribution in [2.24, 2.45) is 0 Å². The lowest BCUT2D eigenvalue weighted by molar-refractivity contribution is 0.00748. The number of rotatable bonds is 3. The molecule has 1 aliphatic heterocycles. The van der Waals surface area contributed by atoms with Crippen LogP contribution in [0, 0.1) is 0 Å². The molecule has 1 rings (SSSR count). The predicted octanol–water partition coefficient (Wildman–Crippen LogP) is -2.66. The van der Waals surface area contributed by atoms with Crippen molar-refractivity contribution in [2.75, 3.05) is 11.7 Å². The van der Waals surface area contributed by atoms with E-state index < -0.39 is 48.5 Å². The van der Waals surface area contributed by atoms with Gasteiger partial charge in [0.05, 0.1) is 11.5 Å². The average molecular weight is 258 g/mol. The topological polar surface area (TPSA) is 129 Å². The monoisotopic (exact) mass is 258 g/mol. The van der Waals surface area contributed by atoms with E-state index in [-0.39, 0.29) is 0 Å². The summed E-state index contributed by atoms with van der Waals surface area (Å²) in [4.78, 5) is -0.774. The Morgan fingerprint density at radius 1 is 1.27 bits per heavy atom. The summed E-state index contributed by atoms with van der Waals surface area (Å²) in [5.41, 5.74) is 0. The molecule has 2 atom stereocenters. The quantitative estimate of drug-likeness (QED) is 0.504. The number of aliphatic hydroxyl groups is 3. The lowest BCUT2D eigenvalue weighted by atomic mass is 10.2. The van der Waals surface area contributed by atoms with E-state index in [0.717, 1.165) is 0 Å². The maximum absolute atomic E-state index is 11.2. The van der Waals surface area contributed by atoms with E-state index in [4.69, 9.17) is 10.2 Å². The molecule has 0 aromatic heterocycles. The van der Waals surface area contributed by atoms with Crippen LogP contribution in [0.25, 0.3) is 0 Å². The standard InChI is InChI=1S/C6H10O7S2/c7-1-4(8)6(9)5-2-14(10,11)3-15(5,12)13/h2,4,6-9H,1,3H2. The summed E-state index contributed by atoms with van der Waals surface area (Å²) in [6, 6.07) is 0. The van der Waals surface area contributed by atoms with Crippen molar-refractivity contribution in [3.63, 3.8) is 0 Å². The number of hydrogen-bond donors (Lipinski definition) is 3. The predicted molar refractivity (Wildman–Crippen MR) is 49.9 cm³/mol. The third-order valence-electron chi connectivity index (χ3n) is 1.82. The van der Waals surface area contributed by atoms with Crippen molar-refractivity contribution >= 4 is 19.7 Å². The molecule has 1 aliphatic rings. The molecule has 88 valence electrons. The molecule has 0 saturated heterocycles. The molecule has 7 nitrogen and oxygen atoms in total. The van der Waals surface area contributed by atoms with E-state index in [2.05, 4.69) is 0 Å². The van der Waals surface area contributed by atoms with E-state index in [1.54, 1.807) is 0 Å². The smallest absolute Gasteiger partial charge is 0.192 e. The highest BCUT2D eigenvalue weighted by molar-refractivity contribution is 8.14. The normalized spacial score (nSPS) is 27.0. The molecule has 1 heterocycles. The average Bonchev–Trinajstić information content (AvgIpc) is 2.31. The Morgan fingerprint density at radius 2 is 1.80 bits per heavy atom. The first kappa shape index (κ1) is 12.6. The minimum absolute atomic E-state index is 0.409. The van der Waals surface area contributed by atoms with Gasteiger partial charge in [-0.1, -0.05) is 0 Å². The molecule has 2 unspecified atom stereocenters. The number of aliphatic hydroxyl groups excluding tert-OH is 3. The fourth-order valence-corrected chi connectivity index (χ4v) is 5.70. The van der Waals surface area contributed by atoms with E-state index in [0.29, 0.717) is 5.41 Å². The second kappa shape index (κ2) is 3.83. The second-order valence-corrected chi connectivity index (χ2v) is 7.32. The zero-order chi connectivity index (χ0) is 11.9. The summed E-state index contributed by atoms with van der Waals surface area (Å²) in [5.74, 6) is 0. The molecule has 0 bridgehead atoms. The van der Waals surface area contributed by atoms with Gasteiger partial charge in [-0.15, -0.1) is 0 Å². The molecule has 15 heavy (non-hydrogen) atoms. The number of sulfone groups is 2. The molecule has 3 N–H and O–H groups in total. The Labute approximate surface area is 86.5 Å². The van der Waals surface area contributed by atoms with Gasteiger partial charge in [0.15, 0.2) is 24.8 Å². The lowest BCUT2D eigenvalue weighted by Gasteiger charge is -2.15. The Hall–Kier alpha value is -0.480. The Morgan fingerprint density at radius 3 is 2.13 bits per heavy atom. The van der Waals surface area contributed by atoms with Gasteiger partial charge in [-0.05, 0) is 0 Å². The summed E-state index contributed by atoms with van der Waals surface area (Å²) < 4.78 is 44.4. The fraction of sp³-hybridized carbons (Fsp3) is 0.667. The van der Waals surface area contributed by atoms with Crippen molar-refractivity contribution < 1.29 is 32.2 Å². The summed E-state index contributed by atoms with van der Waals surface area (Å²) in [5, 5.41) is 26.0. The van der Waals surface area contributed by atoms with Crippen molar-refractivity contribution in [2.45, 2.75) is 12.2 Å². The van der Waals surface area contributed by atoms with Crippen LogP contribution in [0.15, 0.2) is 10.3 Å². The highest BCUT2D eigenvalue weighted by atomic mass is 32.3. The lowest BCUT2D eigenvalue weighted by Crippen LogP contribution is -2.33. The molecular formula is C6H10O7S2. The molecular weight excluding hydrogens is 248 g/mol. The Bertz CT molecular complexity index is 472. The first-order valence-electron chi connectivity index (χ1n) is 3.84. The summed E-state index contributed by atoms with van der Waals surface area (Å²) in [6.45, 7) is -0.867. The highest BCUT2D eigenvalue weighted by Crippen LogP contribution is 2.25. The largest absolute Gasteiger partial charge is 0.394 e. The van der Waals surface area contributed by atoms with Crippen LogP contribution >= 0.6 is 0 Å². The maximum Gasteiger partial charge on any atom is 0.192 e. The van der Waals surface area contributed by atoms with Crippen LogP contribution in [0.2, 0.25) is 0 Å². The van der Waals surface area contributed by atoms with Crippen LogP contribution in [-0.2, 0) is 19.7 Å². The van der Waals surface area contributed by atoms with Gasteiger partial charge in [0, 0.05) is 5.41 Å². The van der Waals surface area contributed by atoms with Gasteiger partial charge < -0.3 is 15.3 Å². The van der Waals surface area contributed by atoms with Gasteiger partial charge in [0.2, 0.25) is 0 Å². The second-order valence-electron chi connectivity index (χ2n) is 3.11. The minimum Gasteiger partial charge on any atom is -0.394 e. The molecule has 0 aromatic carbocycles. The van der Waals surface area contributed by atoms with Gasteiger partial charge in [-0.2, -0.15) is 0 Å². The summed E-state index contributed by atoms with van der Waals surface area (Å²) >= 11 is 0. The Balaban J connectivity index is 3.16. The SMILES string of the molecule is O=S1(=O)C=C(C(O)C(O)CO)S(=O)(=O)C1. The molecule has 0 radical (unpaired) electrons. The third-order valence-corrected chi connectivity index (χ3v) is 6.21.